The molecule has 0 aliphatic rings. The van der Waals surface area contributed by atoms with Crippen molar-refractivity contribution in [1.29, 1.82) is 0 Å². The molecule has 0 spiro atoms. The minimum absolute atomic E-state index is 0.274. The van der Waals surface area contributed by atoms with Crippen molar-refractivity contribution in [3.8, 4) is 5.75 Å². The second-order valence-electron chi connectivity index (χ2n) is 4.41. The van der Waals surface area contributed by atoms with Crippen LogP contribution in [0.4, 0.5) is 0 Å². The maximum Gasteiger partial charge on any atom is 0.141 e. The lowest BCUT2D eigenvalue weighted by molar-refractivity contribution is 0.343. The van der Waals surface area contributed by atoms with Gasteiger partial charge in [-0.15, -0.1) is 0 Å². The van der Waals surface area contributed by atoms with E-state index < -0.39 is 0 Å². The zero-order valence-corrected chi connectivity index (χ0v) is 11.4. The summed E-state index contributed by atoms with van der Waals surface area (Å²) < 4.78 is 5.40. The molecule has 3 nitrogen and oxygen atoms in total. The second kappa shape index (κ2) is 7.28. The number of nitrogens with zero attached hydrogens (tertiary/aromatic N) is 1. The summed E-state index contributed by atoms with van der Waals surface area (Å²) in [6.45, 7) is 7.65. The van der Waals surface area contributed by atoms with E-state index in [1.165, 1.54) is 0 Å². The van der Waals surface area contributed by atoms with E-state index >= 15 is 0 Å². The average molecular weight is 236 g/mol. The third-order valence-corrected chi connectivity index (χ3v) is 3.14. The van der Waals surface area contributed by atoms with Gasteiger partial charge >= 0.3 is 0 Å². The molecule has 1 N–H and O–H groups in total. The number of ether oxygens (including phenoxy) is 1. The van der Waals surface area contributed by atoms with E-state index in [-0.39, 0.29) is 6.04 Å². The highest BCUT2D eigenvalue weighted by Crippen LogP contribution is 2.29. The van der Waals surface area contributed by atoms with Gasteiger partial charge in [0.2, 0.25) is 0 Å². The first kappa shape index (κ1) is 14.0. The first-order valence-electron chi connectivity index (χ1n) is 6.46. The van der Waals surface area contributed by atoms with Crippen LogP contribution in [0.3, 0.4) is 0 Å². The number of nitrogens with one attached hydrogen (secondary N) is 1. The van der Waals surface area contributed by atoms with Crippen LogP contribution in [0, 0.1) is 5.92 Å². The van der Waals surface area contributed by atoms with Crippen LogP contribution < -0.4 is 10.1 Å². The molecule has 2 atom stereocenters. The van der Waals surface area contributed by atoms with Crippen molar-refractivity contribution in [2.24, 2.45) is 5.92 Å². The maximum atomic E-state index is 5.40. The fourth-order valence-electron chi connectivity index (χ4n) is 1.91. The Kier molecular flexibility index (Phi) is 5.98. The highest BCUT2D eigenvalue weighted by molar-refractivity contribution is 5.29. The van der Waals surface area contributed by atoms with Crippen LogP contribution in [0.2, 0.25) is 0 Å². The molecule has 1 aromatic rings. The second-order valence-corrected chi connectivity index (χ2v) is 4.41. The summed E-state index contributed by atoms with van der Waals surface area (Å²) >= 11 is 0. The molecular formula is C14H24N2O. The Hall–Kier alpha value is -1.09. The van der Waals surface area contributed by atoms with Crippen LogP contribution in [-0.4, -0.2) is 18.6 Å². The Morgan fingerprint density at radius 1 is 1.41 bits per heavy atom. The molecule has 1 aromatic heterocycles. The standard InChI is InChI=1S/C14H24N2O/c1-5-9-15-13(11(3)6-2)14-12(17-4)8-7-10-16-14/h7-8,10-11,13,15H,5-6,9H2,1-4H3. The summed E-state index contributed by atoms with van der Waals surface area (Å²) in [5.74, 6) is 1.42. The van der Waals surface area contributed by atoms with Crippen LogP contribution in [0.25, 0.3) is 0 Å². The fraction of sp³-hybridized carbons (Fsp3) is 0.643. The van der Waals surface area contributed by atoms with Crippen LogP contribution in [-0.2, 0) is 0 Å². The van der Waals surface area contributed by atoms with Crippen molar-refractivity contribution >= 4 is 0 Å². The number of hydrogen-bond donors (Lipinski definition) is 1. The minimum atomic E-state index is 0.274. The summed E-state index contributed by atoms with van der Waals surface area (Å²) in [5, 5.41) is 3.57. The molecule has 0 aliphatic heterocycles. The van der Waals surface area contributed by atoms with Gasteiger partial charge in [-0.05, 0) is 31.0 Å². The number of pyridine rings is 1. The number of rotatable bonds is 7. The monoisotopic (exact) mass is 236 g/mol. The third kappa shape index (κ3) is 3.70. The molecule has 0 amide bonds. The molecule has 0 fully saturated rings. The predicted octanol–water partition coefficient (Wildman–Crippen LogP) is 3.18. The van der Waals surface area contributed by atoms with E-state index in [4.69, 9.17) is 4.74 Å². The molecular weight excluding hydrogens is 212 g/mol. The zero-order chi connectivity index (χ0) is 12.7. The Morgan fingerprint density at radius 2 is 2.18 bits per heavy atom. The molecule has 17 heavy (non-hydrogen) atoms. The summed E-state index contributed by atoms with van der Waals surface area (Å²) in [6.07, 6.45) is 4.09. The predicted molar refractivity (Wildman–Crippen MR) is 71.3 cm³/mol. The number of aromatic nitrogens is 1. The van der Waals surface area contributed by atoms with Gasteiger partial charge in [0, 0.05) is 6.20 Å². The lowest BCUT2D eigenvalue weighted by atomic mass is 9.95. The van der Waals surface area contributed by atoms with Crippen molar-refractivity contribution in [3.63, 3.8) is 0 Å². The summed E-state index contributed by atoms with van der Waals surface area (Å²) in [7, 11) is 1.70. The first-order chi connectivity index (χ1) is 8.24. The van der Waals surface area contributed by atoms with Crippen molar-refractivity contribution in [2.75, 3.05) is 13.7 Å². The molecule has 2 unspecified atom stereocenters. The highest BCUT2D eigenvalue weighted by atomic mass is 16.5. The van der Waals surface area contributed by atoms with Crippen LogP contribution in [0.15, 0.2) is 18.3 Å². The van der Waals surface area contributed by atoms with Crippen molar-refractivity contribution in [3.05, 3.63) is 24.0 Å². The zero-order valence-electron chi connectivity index (χ0n) is 11.4. The molecule has 0 aromatic carbocycles. The lowest BCUT2D eigenvalue weighted by Gasteiger charge is -2.25. The molecule has 1 rings (SSSR count). The van der Waals surface area contributed by atoms with E-state index in [0.29, 0.717) is 5.92 Å². The van der Waals surface area contributed by atoms with Gasteiger partial charge in [-0.25, -0.2) is 0 Å². The van der Waals surface area contributed by atoms with Gasteiger partial charge in [0.15, 0.2) is 0 Å². The molecule has 0 bridgehead atoms. The first-order valence-corrected chi connectivity index (χ1v) is 6.46. The Morgan fingerprint density at radius 3 is 2.76 bits per heavy atom. The molecule has 0 radical (unpaired) electrons. The van der Waals surface area contributed by atoms with E-state index in [1.54, 1.807) is 7.11 Å². The topological polar surface area (TPSA) is 34.2 Å². The van der Waals surface area contributed by atoms with Gasteiger partial charge < -0.3 is 10.1 Å². The number of methoxy groups -OCH3 is 1. The van der Waals surface area contributed by atoms with Crippen LogP contribution >= 0.6 is 0 Å². The Balaban J connectivity index is 2.94. The molecule has 3 heteroatoms. The van der Waals surface area contributed by atoms with Gasteiger partial charge in [-0.3, -0.25) is 4.98 Å². The molecule has 0 saturated carbocycles. The molecule has 1 heterocycles. The largest absolute Gasteiger partial charge is 0.495 e. The summed E-state index contributed by atoms with van der Waals surface area (Å²) in [6, 6.07) is 4.16. The number of hydrogen-bond acceptors (Lipinski definition) is 3. The minimum Gasteiger partial charge on any atom is -0.495 e. The van der Waals surface area contributed by atoms with Crippen molar-refractivity contribution < 1.29 is 4.74 Å². The van der Waals surface area contributed by atoms with E-state index in [2.05, 4.69) is 31.1 Å². The van der Waals surface area contributed by atoms with Gasteiger partial charge in [0.05, 0.1) is 18.8 Å². The van der Waals surface area contributed by atoms with Gasteiger partial charge in [0.25, 0.3) is 0 Å². The van der Waals surface area contributed by atoms with E-state index in [9.17, 15) is 0 Å². The maximum absolute atomic E-state index is 5.40. The third-order valence-electron chi connectivity index (χ3n) is 3.14. The smallest absolute Gasteiger partial charge is 0.141 e. The molecule has 96 valence electrons. The highest BCUT2D eigenvalue weighted by Gasteiger charge is 2.21. The normalized spacial score (nSPS) is 14.4. The fourth-order valence-corrected chi connectivity index (χ4v) is 1.91. The molecule has 0 aliphatic carbocycles. The van der Waals surface area contributed by atoms with Gasteiger partial charge in [0.1, 0.15) is 5.75 Å². The molecule has 0 saturated heterocycles. The van der Waals surface area contributed by atoms with E-state index in [0.717, 1.165) is 30.8 Å². The summed E-state index contributed by atoms with van der Waals surface area (Å²) in [4.78, 5) is 4.48. The quantitative estimate of drug-likeness (QED) is 0.789. The Labute approximate surface area is 105 Å². The SMILES string of the molecule is CCCNC(c1ncccc1OC)C(C)CC. The summed E-state index contributed by atoms with van der Waals surface area (Å²) in [5.41, 5.74) is 1.03. The van der Waals surface area contributed by atoms with Gasteiger partial charge in [-0.2, -0.15) is 0 Å². The average Bonchev–Trinajstić information content (AvgIpc) is 2.39. The Bertz CT molecular complexity index is 328. The van der Waals surface area contributed by atoms with Crippen LogP contribution in [0.1, 0.15) is 45.3 Å². The van der Waals surface area contributed by atoms with E-state index in [1.807, 2.05) is 18.3 Å². The van der Waals surface area contributed by atoms with Crippen molar-refractivity contribution in [2.45, 2.75) is 39.7 Å². The van der Waals surface area contributed by atoms with Crippen molar-refractivity contribution in [1.82, 2.24) is 10.3 Å². The van der Waals surface area contributed by atoms with Gasteiger partial charge in [-0.1, -0.05) is 27.2 Å². The van der Waals surface area contributed by atoms with Crippen LogP contribution in [0.5, 0.6) is 5.75 Å². The lowest BCUT2D eigenvalue weighted by Crippen LogP contribution is -2.28.